The SMILES string of the molecule is COc1cc([C@@](C)(N)CO)cc(Cl)n1. The van der Waals surface area contributed by atoms with E-state index in [1.54, 1.807) is 19.1 Å². The van der Waals surface area contributed by atoms with E-state index in [1.165, 1.54) is 7.11 Å². The highest BCUT2D eigenvalue weighted by Gasteiger charge is 2.21. The maximum Gasteiger partial charge on any atom is 0.214 e. The maximum atomic E-state index is 9.07. The van der Waals surface area contributed by atoms with Crippen LogP contribution in [0.4, 0.5) is 0 Å². The molecule has 0 saturated carbocycles. The minimum atomic E-state index is -0.833. The average molecular weight is 217 g/mol. The number of rotatable bonds is 3. The number of aliphatic hydroxyl groups is 1. The normalized spacial score (nSPS) is 14.9. The van der Waals surface area contributed by atoms with Gasteiger partial charge in [0, 0.05) is 6.07 Å². The summed E-state index contributed by atoms with van der Waals surface area (Å²) in [6, 6.07) is 3.27. The van der Waals surface area contributed by atoms with Crippen LogP contribution in [0.3, 0.4) is 0 Å². The first kappa shape index (κ1) is 11.2. The summed E-state index contributed by atoms with van der Waals surface area (Å²) in [5.41, 5.74) is 5.70. The van der Waals surface area contributed by atoms with Crippen molar-refractivity contribution in [3.05, 3.63) is 22.8 Å². The molecule has 1 atom stereocenters. The number of hydrogen-bond donors (Lipinski definition) is 2. The molecule has 0 aliphatic rings. The van der Waals surface area contributed by atoms with Gasteiger partial charge in [0.2, 0.25) is 5.88 Å². The number of halogens is 1. The molecule has 0 aliphatic heterocycles. The van der Waals surface area contributed by atoms with Crippen molar-refractivity contribution in [3.8, 4) is 5.88 Å². The van der Waals surface area contributed by atoms with E-state index in [9.17, 15) is 0 Å². The van der Waals surface area contributed by atoms with Gasteiger partial charge in [-0.2, -0.15) is 0 Å². The van der Waals surface area contributed by atoms with E-state index in [2.05, 4.69) is 4.98 Å². The quantitative estimate of drug-likeness (QED) is 0.737. The Kier molecular flexibility index (Phi) is 3.31. The zero-order valence-electron chi connectivity index (χ0n) is 8.12. The Morgan fingerprint density at radius 2 is 2.29 bits per heavy atom. The molecule has 0 unspecified atom stereocenters. The van der Waals surface area contributed by atoms with Crippen molar-refractivity contribution in [2.45, 2.75) is 12.5 Å². The van der Waals surface area contributed by atoms with Gasteiger partial charge in [0.1, 0.15) is 5.15 Å². The molecule has 1 rings (SSSR count). The van der Waals surface area contributed by atoms with Crippen LogP contribution < -0.4 is 10.5 Å². The predicted molar refractivity (Wildman–Crippen MR) is 54.4 cm³/mol. The van der Waals surface area contributed by atoms with Gasteiger partial charge in [-0.15, -0.1) is 0 Å². The fourth-order valence-corrected chi connectivity index (χ4v) is 1.20. The molecule has 0 spiro atoms. The van der Waals surface area contributed by atoms with Crippen molar-refractivity contribution >= 4 is 11.6 Å². The second kappa shape index (κ2) is 4.13. The van der Waals surface area contributed by atoms with Crippen LogP contribution in [0, 0.1) is 0 Å². The lowest BCUT2D eigenvalue weighted by Gasteiger charge is -2.22. The van der Waals surface area contributed by atoms with Gasteiger partial charge in [0.15, 0.2) is 0 Å². The third-order valence-electron chi connectivity index (χ3n) is 1.97. The molecule has 5 heteroatoms. The Morgan fingerprint density at radius 3 is 2.79 bits per heavy atom. The minimum Gasteiger partial charge on any atom is -0.481 e. The topological polar surface area (TPSA) is 68.4 Å². The van der Waals surface area contributed by atoms with Gasteiger partial charge < -0.3 is 15.6 Å². The number of pyridine rings is 1. The van der Waals surface area contributed by atoms with E-state index in [1.807, 2.05) is 0 Å². The number of ether oxygens (including phenoxy) is 1. The molecule has 14 heavy (non-hydrogen) atoms. The van der Waals surface area contributed by atoms with Crippen LogP contribution in [-0.2, 0) is 5.54 Å². The first-order valence-electron chi connectivity index (χ1n) is 4.11. The summed E-state index contributed by atoms with van der Waals surface area (Å²) in [5, 5.41) is 9.37. The van der Waals surface area contributed by atoms with E-state index in [0.29, 0.717) is 16.6 Å². The van der Waals surface area contributed by atoms with Crippen LogP contribution in [0.25, 0.3) is 0 Å². The molecular formula is C9H13ClN2O2. The van der Waals surface area contributed by atoms with E-state index in [-0.39, 0.29) is 6.61 Å². The van der Waals surface area contributed by atoms with E-state index in [0.717, 1.165) is 0 Å². The highest BCUT2D eigenvalue weighted by Crippen LogP contribution is 2.23. The Bertz CT molecular complexity index is 329. The molecule has 1 aromatic rings. The summed E-state index contributed by atoms with van der Waals surface area (Å²) in [6.45, 7) is 1.54. The van der Waals surface area contributed by atoms with Crippen molar-refractivity contribution in [3.63, 3.8) is 0 Å². The average Bonchev–Trinajstić information content (AvgIpc) is 2.16. The van der Waals surface area contributed by atoms with Gasteiger partial charge in [0.25, 0.3) is 0 Å². The molecule has 0 aromatic carbocycles. The fraction of sp³-hybridized carbons (Fsp3) is 0.444. The maximum absolute atomic E-state index is 9.07. The largest absolute Gasteiger partial charge is 0.481 e. The van der Waals surface area contributed by atoms with Gasteiger partial charge in [-0.1, -0.05) is 11.6 Å². The first-order valence-corrected chi connectivity index (χ1v) is 4.49. The molecule has 1 aromatic heterocycles. The van der Waals surface area contributed by atoms with Gasteiger partial charge in [-0.3, -0.25) is 0 Å². The van der Waals surface area contributed by atoms with Gasteiger partial charge in [0.05, 0.1) is 19.3 Å². The van der Waals surface area contributed by atoms with Gasteiger partial charge in [-0.25, -0.2) is 4.98 Å². The second-order valence-electron chi connectivity index (χ2n) is 3.30. The lowest BCUT2D eigenvalue weighted by molar-refractivity contribution is 0.209. The van der Waals surface area contributed by atoms with Crippen LogP contribution in [0.1, 0.15) is 12.5 Å². The number of hydrogen-bond acceptors (Lipinski definition) is 4. The molecule has 1 heterocycles. The smallest absolute Gasteiger partial charge is 0.214 e. The molecule has 0 bridgehead atoms. The van der Waals surface area contributed by atoms with Crippen LogP contribution in [0.15, 0.2) is 12.1 Å². The van der Waals surface area contributed by atoms with Crippen LogP contribution in [0.5, 0.6) is 5.88 Å². The molecule has 0 saturated heterocycles. The molecule has 0 fully saturated rings. The van der Waals surface area contributed by atoms with Crippen LogP contribution in [-0.4, -0.2) is 23.8 Å². The standard InChI is InChI=1S/C9H13ClN2O2/c1-9(11,5-13)6-3-7(10)12-8(4-6)14-2/h3-4,13H,5,11H2,1-2H3/t9-/m0/s1. The molecule has 3 N–H and O–H groups in total. The van der Waals surface area contributed by atoms with Crippen molar-refractivity contribution in [1.29, 1.82) is 0 Å². The van der Waals surface area contributed by atoms with Crippen LogP contribution in [0.2, 0.25) is 5.15 Å². The van der Waals surface area contributed by atoms with Crippen LogP contribution >= 0.6 is 11.6 Å². The molecular weight excluding hydrogens is 204 g/mol. The Hall–Kier alpha value is -0.840. The second-order valence-corrected chi connectivity index (χ2v) is 3.68. The number of aliphatic hydroxyl groups excluding tert-OH is 1. The minimum absolute atomic E-state index is 0.170. The van der Waals surface area contributed by atoms with Crippen molar-refractivity contribution in [2.24, 2.45) is 5.73 Å². The van der Waals surface area contributed by atoms with E-state index in [4.69, 9.17) is 27.2 Å². The summed E-state index contributed by atoms with van der Waals surface area (Å²) in [4.78, 5) is 3.91. The lowest BCUT2D eigenvalue weighted by atomic mass is 9.95. The van der Waals surface area contributed by atoms with Crippen molar-refractivity contribution < 1.29 is 9.84 Å². The summed E-state index contributed by atoms with van der Waals surface area (Å²) in [6.07, 6.45) is 0. The highest BCUT2D eigenvalue weighted by molar-refractivity contribution is 6.29. The Labute approximate surface area is 87.7 Å². The third-order valence-corrected chi connectivity index (χ3v) is 2.16. The monoisotopic (exact) mass is 216 g/mol. The number of nitrogens with zero attached hydrogens (tertiary/aromatic N) is 1. The Balaban J connectivity index is 3.15. The zero-order valence-corrected chi connectivity index (χ0v) is 8.88. The summed E-state index contributed by atoms with van der Waals surface area (Å²) in [5.74, 6) is 0.387. The fourth-order valence-electron chi connectivity index (χ4n) is 0.998. The summed E-state index contributed by atoms with van der Waals surface area (Å²) >= 11 is 5.76. The zero-order chi connectivity index (χ0) is 10.8. The Morgan fingerprint density at radius 1 is 1.64 bits per heavy atom. The van der Waals surface area contributed by atoms with E-state index < -0.39 is 5.54 Å². The highest BCUT2D eigenvalue weighted by atomic mass is 35.5. The van der Waals surface area contributed by atoms with Gasteiger partial charge >= 0.3 is 0 Å². The molecule has 4 nitrogen and oxygen atoms in total. The molecule has 0 radical (unpaired) electrons. The lowest BCUT2D eigenvalue weighted by Crippen LogP contribution is -2.37. The molecule has 78 valence electrons. The number of nitrogens with two attached hydrogens (primary N) is 1. The van der Waals surface area contributed by atoms with Crippen molar-refractivity contribution in [1.82, 2.24) is 4.98 Å². The third kappa shape index (κ3) is 2.35. The summed E-state index contributed by atoms with van der Waals surface area (Å²) in [7, 11) is 1.50. The van der Waals surface area contributed by atoms with Crippen molar-refractivity contribution in [2.75, 3.05) is 13.7 Å². The molecule has 0 aliphatic carbocycles. The first-order chi connectivity index (χ1) is 6.49. The van der Waals surface area contributed by atoms with E-state index >= 15 is 0 Å². The summed E-state index contributed by atoms with van der Waals surface area (Å²) < 4.78 is 4.94. The number of aromatic nitrogens is 1. The molecule has 0 amide bonds. The predicted octanol–water partition coefficient (Wildman–Crippen LogP) is 0.910. The van der Waals surface area contributed by atoms with Gasteiger partial charge in [-0.05, 0) is 18.6 Å². The number of methoxy groups -OCH3 is 1.